The topological polar surface area (TPSA) is 143 Å². The largest absolute Gasteiger partial charge is 0.485 e. The molecule has 0 aliphatic heterocycles. The Morgan fingerprint density at radius 3 is 1.90 bits per heavy atom. The van der Waals surface area contributed by atoms with E-state index in [1.807, 2.05) is 0 Å². The Bertz CT molecular complexity index is 634. The van der Waals surface area contributed by atoms with Crippen molar-refractivity contribution in [1.82, 2.24) is 0 Å². The molecule has 0 saturated heterocycles. The van der Waals surface area contributed by atoms with Crippen LogP contribution in [-0.4, -0.2) is 18.0 Å². The first-order chi connectivity index (χ1) is 9.95. The molecular weight excluding hydrogens is 272 g/mol. The van der Waals surface area contributed by atoms with E-state index in [1.165, 1.54) is 0 Å². The van der Waals surface area contributed by atoms with E-state index in [4.69, 9.17) is 32.4 Å². The summed E-state index contributed by atoms with van der Waals surface area (Å²) >= 11 is 0. The second-order valence-electron chi connectivity index (χ2n) is 4.48. The SMILES string of the molecule is Nc1ccc(OCC(O)Oc2ccc(N)cc2N)c(N)c1. The van der Waals surface area contributed by atoms with E-state index < -0.39 is 6.29 Å². The van der Waals surface area contributed by atoms with Crippen LogP contribution in [0.2, 0.25) is 0 Å². The van der Waals surface area contributed by atoms with Crippen molar-refractivity contribution in [2.24, 2.45) is 0 Å². The maximum Gasteiger partial charge on any atom is 0.232 e. The molecule has 1 atom stereocenters. The normalized spacial score (nSPS) is 11.9. The van der Waals surface area contributed by atoms with Gasteiger partial charge in [-0.1, -0.05) is 0 Å². The van der Waals surface area contributed by atoms with Crippen molar-refractivity contribution in [1.29, 1.82) is 0 Å². The number of aliphatic hydroxyl groups is 1. The van der Waals surface area contributed by atoms with E-state index in [9.17, 15) is 5.11 Å². The third-order valence-corrected chi connectivity index (χ3v) is 2.71. The number of rotatable bonds is 5. The van der Waals surface area contributed by atoms with E-state index in [1.54, 1.807) is 36.4 Å². The molecule has 2 aromatic rings. The van der Waals surface area contributed by atoms with Gasteiger partial charge in [-0.05, 0) is 36.4 Å². The van der Waals surface area contributed by atoms with Crippen LogP contribution in [0.4, 0.5) is 22.7 Å². The fourth-order valence-corrected chi connectivity index (χ4v) is 1.71. The first kappa shape index (κ1) is 14.6. The van der Waals surface area contributed by atoms with Crippen molar-refractivity contribution in [2.45, 2.75) is 6.29 Å². The van der Waals surface area contributed by atoms with E-state index in [0.29, 0.717) is 34.2 Å². The lowest BCUT2D eigenvalue weighted by Crippen LogP contribution is -2.24. The van der Waals surface area contributed by atoms with Crippen LogP contribution in [0, 0.1) is 0 Å². The number of nitrogens with two attached hydrogens (primary N) is 4. The maximum absolute atomic E-state index is 9.80. The van der Waals surface area contributed by atoms with Crippen LogP contribution in [0.1, 0.15) is 0 Å². The summed E-state index contributed by atoms with van der Waals surface area (Å²) < 4.78 is 10.6. The first-order valence-electron chi connectivity index (χ1n) is 6.23. The molecule has 9 N–H and O–H groups in total. The predicted molar refractivity (Wildman–Crippen MR) is 82.7 cm³/mol. The average Bonchev–Trinajstić information content (AvgIpc) is 2.41. The minimum absolute atomic E-state index is 0.113. The number of nitrogen functional groups attached to an aromatic ring is 4. The molecule has 0 spiro atoms. The molecular formula is C14H18N4O3. The second-order valence-corrected chi connectivity index (χ2v) is 4.48. The molecule has 2 rings (SSSR count). The molecule has 112 valence electrons. The molecule has 0 fully saturated rings. The molecule has 0 aromatic heterocycles. The standard InChI is InChI=1S/C14H18N4O3/c15-8-1-3-12(10(17)5-8)20-7-14(19)21-13-4-2-9(16)6-11(13)18/h1-6,14,19H,7,15-18H2. The van der Waals surface area contributed by atoms with E-state index >= 15 is 0 Å². The van der Waals surface area contributed by atoms with Gasteiger partial charge in [-0.25, -0.2) is 0 Å². The van der Waals surface area contributed by atoms with E-state index in [2.05, 4.69) is 0 Å². The Morgan fingerprint density at radius 1 is 0.857 bits per heavy atom. The lowest BCUT2D eigenvalue weighted by atomic mass is 10.2. The fraction of sp³-hybridized carbons (Fsp3) is 0.143. The fourth-order valence-electron chi connectivity index (χ4n) is 1.71. The number of benzene rings is 2. The monoisotopic (exact) mass is 290 g/mol. The van der Waals surface area contributed by atoms with Gasteiger partial charge in [0.25, 0.3) is 0 Å². The van der Waals surface area contributed by atoms with Crippen LogP contribution in [0.3, 0.4) is 0 Å². The summed E-state index contributed by atoms with van der Waals surface area (Å²) in [5.41, 5.74) is 24.4. The van der Waals surface area contributed by atoms with Gasteiger partial charge in [0.05, 0.1) is 11.4 Å². The Morgan fingerprint density at radius 2 is 1.38 bits per heavy atom. The third-order valence-electron chi connectivity index (χ3n) is 2.71. The minimum Gasteiger partial charge on any atom is -0.485 e. The predicted octanol–water partition coefficient (Wildman–Crippen LogP) is 0.792. The zero-order chi connectivity index (χ0) is 15.4. The minimum atomic E-state index is -1.20. The molecule has 0 heterocycles. The number of aliphatic hydroxyl groups excluding tert-OH is 1. The highest BCUT2D eigenvalue weighted by Crippen LogP contribution is 2.26. The molecule has 0 amide bonds. The summed E-state index contributed by atoms with van der Waals surface area (Å²) in [6, 6.07) is 9.58. The smallest absolute Gasteiger partial charge is 0.232 e. The summed E-state index contributed by atoms with van der Waals surface area (Å²) in [6.07, 6.45) is -1.20. The van der Waals surface area contributed by atoms with Gasteiger partial charge >= 0.3 is 0 Å². The molecule has 7 heteroatoms. The molecule has 2 aromatic carbocycles. The van der Waals surface area contributed by atoms with Crippen LogP contribution in [0.5, 0.6) is 11.5 Å². The highest BCUT2D eigenvalue weighted by atomic mass is 16.6. The van der Waals surface area contributed by atoms with Gasteiger partial charge in [0, 0.05) is 11.4 Å². The highest BCUT2D eigenvalue weighted by Gasteiger charge is 2.11. The first-order valence-corrected chi connectivity index (χ1v) is 6.23. The van der Waals surface area contributed by atoms with Crippen molar-refractivity contribution < 1.29 is 14.6 Å². The van der Waals surface area contributed by atoms with Gasteiger partial charge in [0.2, 0.25) is 6.29 Å². The van der Waals surface area contributed by atoms with Crippen LogP contribution >= 0.6 is 0 Å². The molecule has 0 saturated carbocycles. The molecule has 21 heavy (non-hydrogen) atoms. The van der Waals surface area contributed by atoms with Gasteiger partial charge in [-0.15, -0.1) is 0 Å². The number of hydrogen-bond donors (Lipinski definition) is 5. The maximum atomic E-state index is 9.80. The van der Waals surface area contributed by atoms with E-state index in [0.717, 1.165) is 0 Å². The summed E-state index contributed by atoms with van der Waals surface area (Å²) in [5.74, 6) is 0.739. The van der Waals surface area contributed by atoms with Crippen molar-refractivity contribution in [3.63, 3.8) is 0 Å². The highest BCUT2D eigenvalue weighted by molar-refractivity contribution is 5.61. The molecule has 7 nitrogen and oxygen atoms in total. The molecule has 0 aliphatic carbocycles. The molecule has 0 bridgehead atoms. The Balaban J connectivity index is 1.94. The van der Waals surface area contributed by atoms with Crippen molar-refractivity contribution in [3.05, 3.63) is 36.4 Å². The quantitative estimate of drug-likeness (QED) is 0.404. The van der Waals surface area contributed by atoms with Crippen molar-refractivity contribution in [3.8, 4) is 11.5 Å². The lowest BCUT2D eigenvalue weighted by molar-refractivity contribution is -0.0472. The van der Waals surface area contributed by atoms with Gasteiger partial charge in [-0.2, -0.15) is 0 Å². The zero-order valence-electron chi connectivity index (χ0n) is 11.3. The average molecular weight is 290 g/mol. The molecule has 0 radical (unpaired) electrons. The third kappa shape index (κ3) is 3.83. The van der Waals surface area contributed by atoms with Gasteiger partial charge < -0.3 is 37.5 Å². The number of anilines is 4. The summed E-state index contributed by atoms with van der Waals surface area (Å²) in [7, 11) is 0. The van der Waals surface area contributed by atoms with Crippen molar-refractivity contribution >= 4 is 22.7 Å². The van der Waals surface area contributed by atoms with Gasteiger partial charge in [-0.3, -0.25) is 0 Å². The Hall–Kier alpha value is -2.80. The van der Waals surface area contributed by atoms with Gasteiger partial charge in [0.1, 0.15) is 11.5 Å². The Labute approximate surface area is 122 Å². The number of hydrogen-bond acceptors (Lipinski definition) is 7. The van der Waals surface area contributed by atoms with Crippen LogP contribution in [0.25, 0.3) is 0 Å². The van der Waals surface area contributed by atoms with Crippen molar-refractivity contribution in [2.75, 3.05) is 29.5 Å². The molecule has 1 unspecified atom stereocenters. The summed E-state index contributed by atoms with van der Waals surface area (Å²) in [4.78, 5) is 0. The Kier molecular flexibility index (Phi) is 4.24. The van der Waals surface area contributed by atoms with E-state index in [-0.39, 0.29) is 6.61 Å². The van der Waals surface area contributed by atoms with Crippen LogP contribution in [0.15, 0.2) is 36.4 Å². The molecule has 0 aliphatic rings. The summed E-state index contributed by atoms with van der Waals surface area (Å²) in [5, 5.41) is 9.80. The lowest BCUT2D eigenvalue weighted by Gasteiger charge is -2.16. The summed E-state index contributed by atoms with van der Waals surface area (Å²) in [6.45, 7) is -0.113. The second kappa shape index (κ2) is 6.10. The number of ether oxygens (including phenoxy) is 2. The van der Waals surface area contributed by atoms with Crippen LogP contribution < -0.4 is 32.4 Å². The van der Waals surface area contributed by atoms with Gasteiger partial charge in [0.15, 0.2) is 6.61 Å². The van der Waals surface area contributed by atoms with Crippen LogP contribution in [-0.2, 0) is 0 Å². The zero-order valence-corrected chi connectivity index (χ0v) is 11.3.